The molecule has 0 spiro atoms. The van der Waals surface area contributed by atoms with Gasteiger partial charge in [0.2, 0.25) is 0 Å². The van der Waals surface area contributed by atoms with Gasteiger partial charge in [0.1, 0.15) is 12.0 Å². The highest BCUT2D eigenvalue weighted by molar-refractivity contribution is 5.90. The van der Waals surface area contributed by atoms with Gasteiger partial charge in [-0.25, -0.2) is 14.8 Å². The van der Waals surface area contributed by atoms with Gasteiger partial charge in [0, 0.05) is 24.6 Å². The third-order valence-corrected chi connectivity index (χ3v) is 3.64. The van der Waals surface area contributed by atoms with E-state index in [1.54, 1.807) is 36.7 Å². The zero-order valence-electron chi connectivity index (χ0n) is 14.1. The second kappa shape index (κ2) is 7.93. The molecule has 0 aliphatic rings. The van der Waals surface area contributed by atoms with Gasteiger partial charge in [-0.05, 0) is 35.9 Å². The van der Waals surface area contributed by atoms with E-state index in [0.717, 1.165) is 11.3 Å². The van der Waals surface area contributed by atoms with Crippen LogP contribution in [0.1, 0.15) is 15.9 Å². The lowest BCUT2D eigenvalue weighted by atomic mass is 10.2. The van der Waals surface area contributed by atoms with Gasteiger partial charge in [0.05, 0.1) is 12.7 Å². The minimum atomic E-state index is -0.389. The fraction of sp³-hybridized carbons (Fsp3) is 0.111. The van der Waals surface area contributed by atoms with Crippen molar-refractivity contribution in [2.75, 3.05) is 23.5 Å². The van der Waals surface area contributed by atoms with Gasteiger partial charge in [-0.15, -0.1) is 0 Å². The molecule has 8 heteroatoms. The Hall–Kier alpha value is -3.68. The van der Waals surface area contributed by atoms with Crippen molar-refractivity contribution < 1.29 is 9.53 Å². The molecule has 0 amide bonds. The summed E-state index contributed by atoms with van der Waals surface area (Å²) in [5, 5.41) is 6.28. The van der Waals surface area contributed by atoms with Crippen LogP contribution in [0, 0.1) is 0 Å². The summed E-state index contributed by atoms with van der Waals surface area (Å²) in [6.07, 6.45) is 4.91. The second-order valence-electron chi connectivity index (χ2n) is 5.39. The number of nitrogens with two attached hydrogens (primary N) is 1. The van der Waals surface area contributed by atoms with Crippen LogP contribution in [-0.2, 0) is 11.3 Å². The van der Waals surface area contributed by atoms with Gasteiger partial charge < -0.3 is 21.1 Å². The van der Waals surface area contributed by atoms with E-state index in [4.69, 9.17) is 5.73 Å². The van der Waals surface area contributed by atoms with Crippen molar-refractivity contribution in [2.24, 2.45) is 0 Å². The number of methoxy groups -OCH3 is 1. The summed E-state index contributed by atoms with van der Waals surface area (Å²) in [5.41, 5.74) is 8.77. The van der Waals surface area contributed by atoms with Crippen LogP contribution < -0.4 is 16.4 Å². The molecule has 3 aromatic rings. The van der Waals surface area contributed by atoms with Crippen LogP contribution in [0.2, 0.25) is 0 Å². The van der Waals surface area contributed by atoms with Crippen molar-refractivity contribution in [1.29, 1.82) is 0 Å². The third-order valence-electron chi connectivity index (χ3n) is 3.64. The van der Waals surface area contributed by atoms with Crippen molar-refractivity contribution in [1.82, 2.24) is 15.0 Å². The smallest absolute Gasteiger partial charge is 0.337 e. The third kappa shape index (κ3) is 4.04. The highest BCUT2D eigenvalue weighted by Gasteiger charge is 2.09. The number of hydrogen-bond acceptors (Lipinski definition) is 8. The summed E-state index contributed by atoms with van der Waals surface area (Å²) in [5.74, 6) is 0.608. The maximum Gasteiger partial charge on any atom is 0.337 e. The first kappa shape index (κ1) is 17.2. The highest BCUT2D eigenvalue weighted by Crippen LogP contribution is 2.26. The molecule has 132 valence electrons. The molecule has 4 N–H and O–H groups in total. The topological polar surface area (TPSA) is 115 Å². The first-order chi connectivity index (χ1) is 12.7. The Morgan fingerprint density at radius 3 is 2.62 bits per heavy atom. The summed E-state index contributed by atoms with van der Waals surface area (Å²) in [7, 11) is 1.34. The van der Waals surface area contributed by atoms with Gasteiger partial charge in [-0.3, -0.25) is 4.98 Å². The van der Waals surface area contributed by atoms with E-state index in [0.29, 0.717) is 29.4 Å². The summed E-state index contributed by atoms with van der Waals surface area (Å²) < 4.78 is 4.68. The van der Waals surface area contributed by atoms with Crippen LogP contribution in [-0.4, -0.2) is 28.0 Å². The SMILES string of the molecule is COC(=O)c1ccc(Nc2ncnc(NCc3cccnc3)c2N)cc1. The molecule has 0 atom stereocenters. The number of hydrogen-bond donors (Lipinski definition) is 3. The lowest BCUT2D eigenvalue weighted by molar-refractivity contribution is 0.0601. The summed E-state index contributed by atoms with van der Waals surface area (Å²) >= 11 is 0. The number of nitrogens with zero attached hydrogens (tertiary/aromatic N) is 3. The Morgan fingerprint density at radius 1 is 1.15 bits per heavy atom. The van der Waals surface area contributed by atoms with Crippen molar-refractivity contribution in [2.45, 2.75) is 6.54 Å². The van der Waals surface area contributed by atoms with Crippen molar-refractivity contribution in [3.8, 4) is 0 Å². The standard InChI is InChI=1S/C18H18N6O2/c1-26-18(25)13-4-6-14(7-5-13)24-17-15(19)16(22-11-23-17)21-10-12-3-2-8-20-9-12/h2-9,11H,10,19H2,1H3,(H2,21,22,23,24). The first-order valence-electron chi connectivity index (χ1n) is 7.86. The Kier molecular flexibility index (Phi) is 5.23. The summed E-state index contributed by atoms with van der Waals surface area (Å²) in [4.78, 5) is 23.9. The van der Waals surface area contributed by atoms with E-state index in [9.17, 15) is 4.79 Å². The van der Waals surface area contributed by atoms with E-state index in [1.807, 2.05) is 12.1 Å². The molecule has 2 heterocycles. The van der Waals surface area contributed by atoms with Gasteiger partial charge >= 0.3 is 5.97 Å². The number of rotatable bonds is 6. The molecule has 0 aliphatic heterocycles. The number of ether oxygens (including phenoxy) is 1. The maximum absolute atomic E-state index is 11.5. The monoisotopic (exact) mass is 350 g/mol. The normalized spacial score (nSPS) is 10.2. The van der Waals surface area contributed by atoms with E-state index in [1.165, 1.54) is 13.4 Å². The van der Waals surface area contributed by atoms with Crippen LogP contribution in [0.15, 0.2) is 55.1 Å². The molecule has 0 unspecified atom stereocenters. The van der Waals surface area contributed by atoms with Crippen molar-refractivity contribution in [3.05, 3.63) is 66.2 Å². The van der Waals surface area contributed by atoms with Gasteiger partial charge in [0.25, 0.3) is 0 Å². The molecule has 3 rings (SSSR count). The fourth-order valence-electron chi connectivity index (χ4n) is 2.27. The lowest BCUT2D eigenvalue weighted by Crippen LogP contribution is -2.08. The predicted octanol–water partition coefficient (Wildman–Crippen LogP) is 2.60. The number of anilines is 4. The number of pyridine rings is 1. The molecule has 0 aliphatic carbocycles. The minimum absolute atomic E-state index is 0.389. The van der Waals surface area contributed by atoms with Crippen LogP contribution in [0.25, 0.3) is 0 Å². The van der Waals surface area contributed by atoms with E-state index >= 15 is 0 Å². The Labute approximate surface area is 150 Å². The molecule has 0 saturated heterocycles. The summed E-state index contributed by atoms with van der Waals surface area (Å²) in [6.45, 7) is 0.544. The van der Waals surface area contributed by atoms with Gasteiger partial charge in [0.15, 0.2) is 11.6 Å². The van der Waals surface area contributed by atoms with E-state index in [-0.39, 0.29) is 5.97 Å². The largest absolute Gasteiger partial charge is 0.465 e. The molecule has 1 aromatic carbocycles. The van der Waals surface area contributed by atoms with Crippen molar-refractivity contribution in [3.63, 3.8) is 0 Å². The van der Waals surface area contributed by atoms with E-state index < -0.39 is 0 Å². The predicted molar refractivity (Wildman–Crippen MR) is 99.1 cm³/mol. The number of nitrogen functional groups attached to an aromatic ring is 1. The van der Waals surface area contributed by atoms with Gasteiger partial charge in [-0.2, -0.15) is 0 Å². The number of aromatic nitrogens is 3. The molecule has 2 aromatic heterocycles. The number of nitrogens with one attached hydrogen (secondary N) is 2. The Balaban J connectivity index is 1.71. The van der Waals surface area contributed by atoms with Crippen LogP contribution in [0.4, 0.5) is 23.0 Å². The quantitative estimate of drug-likeness (QED) is 0.581. The van der Waals surface area contributed by atoms with Crippen molar-refractivity contribution >= 4 is 29.0 Å². The average molecular weight is 350 g/mol. The molecular formula is C18H18N6O2. The molecule has 0 radical (unpaired) electrons. The molecule has 8 nitrogen and oxygen atoms in total. The van der Waals surface area contributed by atoms with Crippen LogP contribution in [0.5, 0.6) is 0 Å². The Morgan fingerprint density at radius 2 is 1.92 bits per heavy atom. The second-order valence-corrected chi connectivity index (χ2v) is 5.39. The number of carbonyl (C=O) groups excluding carboxylic acids is 1. The molecule has 0 bridgehead atoms. The zero-order chi connectivity index (χ0) is 18.4. The number of benzene rings is 1. The molecule has 0 fully saturated rings. The lowest BCUT2D eigenvalue weighted by Gasteiger charge is -2.12. The van der Waals surface area contributed by atoms with Gasteiger partial charge in [-0.1, -0.05) is 6.07 Å². The van der Waals surface area contributed by atoms with E-state index in [2.05, 4.69) is 30.3 Å². The minimum Gasteiger partial charge on any atom is -0.465 e. The van der Waals surface area contributed by atoms with Crippen LogP contribution >= 0.6 is 0 Å². The highest BCUT2D eigenvalue weighted by atomic mass is 16.5. The number of carbonyl (C=O) groups is 1. The summed E-state index contributed by atoms with van der Waals surface area (Å²) in [6, 6.07) is 10.6. The first-order valence-corrected chi connectivity index (χ1v) is 7.86. The number of esters is 1. The fourth-order valence-corrected chi connectivity index (χ4v) is 2.27. The molecule has 0 saturated carbocycles. The molecular weight excluding hydrogens is 332 g/mol. The van der Waals surface area contributed by atoms with Crippen LogP contribution in [0.3, 0.4) is 0 Å². The Bertz CT molecular complexity index is 884. The maximum atomic E-state index is 11.5. The average Bonchev–Trinajstić information content (AvgIpc) is 2.69. The molecule has 26 heavy (non-hydrogen) atoms. The zero-order valence-corrected chi connectivity index (χ0v) is 14.1.